The van der Waals surface area contributed by atoms with E-state index < -0.39 is 6.09 Å². The molecule has 1 aliphatic rings. The van der Waals surface area contributed by atoms with Crippen LogP contribution in [0.15, 0.2) is 48.7 Å². The largest absolute Gasteiger partial charge is 0.433 e. The van der Waals surface area contributed by atoms with Gasteiger partial charge in [0.2, 0.25) is 0 Å². The van der Waals surface area contributed by atoms with Gasteiger partial charge in [0.1, 0.15) is 6.67 Å². The third kappa shape index (κ3) is 3.33. The van der Waals surface area contributed by atoms with Crippen molar-refractivity contribution >= 4 is 29.0 Å². The molecule has 1 aromatic heterocycles. The first-order valence-corrected chi connectivity index (χ1v) is 9.26. The van der Waals surface area contributed by atoms with Gasteiger partial charge in [0, 0.05) is 29.2 Å². The second kappa shape index (κ2) is 6.71. The number of carbonyl (C=O) groups is 2. The molecule has 4 rings (SSSR count). The lowest BCUT2D eigenvalue weighted by atomic mass is 9.87. The highest BCUT2D eigenvalue weighted by Gasteiger charge is 2.21. The van der Waals surface area contributed by atoms with Gasteiger partial charge in [0.25, 0.3) is 0 Å². The maximum absolute atomic E-state index is 11.6. The highest BCUT2D eigenvalue weighted by molar-refractivity contribution is 5.99. The Morgan fingerprint density at radius 3 is 2.50 bits per heavy atom. The van der Waals surface area contributed by atoms with Gasteiger partial charge in [0.15, 0.2) is 6.29 Å². The van der Waals surface area contributed by atoms with Crippen LogP contribution < -0.4 is 10.4 Å². The Balaban J connectivity index is 1.66. The van der Waals surface area contributed by atoms with Crippen LogP contribution in [0.3, 0.4) is 0 Å². The van der Waals surface area contributed by atoms with Crippen LogP contribution >= 0.6 is 0 Å². The van der Waals surface area contributed by atoms with Crippen molar-refractivity contribution in [2.75, 3.05) is 11.7 Å². The lowest BCUT2D eigenvalue weighted by molar-refractivity contribution is 0.112. The third-order valence-electron chi connectivity index (χ3n) is 5.04. The van der Waals surface area contributed by atoms with E-state index in [4.69, 9.17) is 4.84 Å². The first-order chi connectivity index (χ1) is 13.3. The summed E-state index contributed by atoms with van der Waals surface area (Å²) in [5, 5.41) is 4.89. The summed E-state index contributed by atoms with van der Waals surface area (Å²) in [4.78, 5) is 28.0. The number of carbonyl (C=O) groups excluding carboxylic acids is 2. The Morgan fingerprint density at radius 1 is 1.14 bits per heavy atom. The first-order valence-electron chi connectivity index (χ1n) is 9.26. The van der Waals surface area contributed by atoms with E-state index in [1.165, 1.54) is 16.2 Å². The van der Waals surface area contributed by atoms with Gasteiger partial charge >= 0.3 is 6.09 Å². The average molecular weight is 377 g/mol. The zero-order valence-electron chi connectivity index (χ0n) is 16.2. The number of benzene rings is 2. The fourth-order valence-electron chi connectivity index (χ4n) is 3.44. The average Bonchev–Trinajstić information content (AvgIpc) is 3.25. The van der Waals surface area contributed by atoms with Gasteiger partial charge in [-0.3, -0.25) is 10.1 Å². The van der Waals surface area contributed by atoms with E-state index in [2.05, 4.69) is 54.9 Å². The molecule has 28 heavy (non-hydrogen) atoms. The number of hydroxylamine groups is 1. The summed E-state index contributed by atoms with van der Waals surface area (Å²) in [6.45, 7) is 7.55. The van der Waals surface area contributed by atoms with Crippen molar-refractivity contribution in [3.63, 3.8) is 0 Å². The molecule has 0 unspecified atom stereocenters. The Kier molecular flexibility index (Phi) is 4.34. The van der Waals surface area contributed by atoms with E-state index in [0.717, 1.165) is 22.9 Å². The molecule has 6 nitrogen and oxygen atoms in total. The van der Waals surface area contributed by atoms with E-state index in [1.54, 1.807) is 0 Å². The van der Waals surface area contributed by atoms with Gasteiger partial charge < -0.3 is 9.40 Å². The Hall–Kier alpha value is -3.28. The molecule has 0 aliphatic carbocycles. The van der Waals surface area contributed by atoms with Crippen molar-refractivity contribution in [1.29, 1.82) is 0 Å². The summed E-state index contributed by atoms with van der Waals surface area (Å²) in [6.07, 6.45) is 2.25. The molecular formula is C22H23N3O3. The zero-order chi connectivity index (χ0) is 19.9. The second-order valence-corrected chi connectivity index (χ2v) is 8.07. The minimum absolute atomic E-state index is 0.119. The second-order valence-electron chi connectivity index (χ2n) is 8.07. The Labute approximate surface area is 163 Å². The van der Waals surface area contributed by atoms with Crippen LogP contribution in [-0.2, 0) is 16.8 Å². The summed E-state index contributed by atoms with van der Waals surface area (Å²) in [5.41, 5.74) is 4.88. The van der Waals surface area contributed by atoms with Crippen molar-refractivity contribution in [3.8, 4) is 0 Å². The molecule has 1 aliphatic heterocycles. The van der Waals surface area contributed by atoms with Gasteiger partial charge in [-0.1, -0.05) is 45.0 Å². The van der Waals surface area contributed by atoms with Crippen LogP contribution in [0.2, 0.25) is 0 Å². The molecule has 0 bridgehead atoms. The molecule has 0 saturated carbocycles. The van der Waals surface area contributed by atoms with E-state index in [-0.39, 0.29) is 12.1 Å². The van der Waals surface area contributed by atoms with Crippen molar-refractivity contribution in [2.45, 2.75) is 32.7 Å². The zero-order valence-corrected chi connectivity index (χ0v) is 16.2. The lowest BCUT2D eigenvalue weighted by Gasteiger charge is -2.19. The smallest absolute Gasteiger partial charge is 0.342 e. The van der Waals surface area contributed by atoms with Crippen LogP contribution in [0.5, 0.6) is 0 Å². The standard InChI is InChI=1S/C22H23N3O3/c1-22(2,3)17-6-4-15(5-7-17)11-24-12-16(13-26)19-10-18(8-9-20(19)24)25-14-23-21(27)28-25/h4-10,12-13H,11,14H2,1-3H3,(H,23,27). The highest BCUT2D eigenvalue weighted by atomic mass is 16.7. The monoisotopic (exact) mass is 377 g/mol. The number of hydrogen-bond acceptors (Lipinski definition) is 4. The molecule has 144 valence electrons. The number of anilines is 1. The van der Waals surface area contributed by atoms with Crippen molar-refractivity contribution in [3.05, 3.63) is 65.4 Å². The lowest BCUT2D eigenvalue weighted by Crippen LogP contribution is -2.19. The molecule has 1 fully saturated rings. The Bertz CT molecular complexity index is 1050. The molecule has 1 amide bonds. The number of nitrogens with zero attached hydrogens (tertiary/aromatic N) is 2. The summed E-state index contributed by atoms with van der Waals surface area (Å²) in [6, 6.07) is 14.3. The summed E-state index contributed by atoms with van der Waals surface area (Å²) < 4.78 is 2.07. The predicted octanol–water partition coefficient (Wildman–Crippen LogP) is 4.22. The molecule has 0 spiro atoms. The van der Waals surface area contributed by atoms with Crippen LogP contribution in [0.4, 0.5) is 10.5 Å². The minimum atomic E-state index is -0.480. The SMILES string of the molecule is CC(C)(C)c1ccc(Cn2cc(C=O)c3cc(N4CNC(=O)O4)ccc32)cc1. The quantitative estimate of drug-likeness (QED) is 0.692. The summed E-state index contributed by atoms with van der Waals surface area (Å²) >= 11 is 0. The molecule has 1 saturated heterocycles. The number of aromatic nitrogens is 1. The highest BCUT2D eigenvalue weighted by Crippen LogP contribution is 2.28. The third-order valence-corrected chi connectivity index (χ3v) is 5.04. The Morgan fingerprint density at radius 2 is 1.89 bits per heavy atom. The predicted molar refractivity (Wildman–Crippen MR) is 109 cm³/mol. The van der Waals surface area contributed by atoms with Crippen LogP contribution in [0.25, 0.3) is 10.9 Å². The molecule has 0 radical (unpaired) electrons. The number of rotatable bonds is 4. The molecule has 3 aromatic rings. The molecule has 6 heteroatoms. The normalized spacial score (nSPS) is 14.2. The first kappa shape index (κ1) is 18.1. The number of amides is 1. The molecule has 2 heterocycles. The maximum Gasteiger partial charge on any atom is 0.433 e. The summed E-state index contributed by atoms with van der Waals surface area (Å²) in [7, 11) is 0. The van der Waals surface area contributed by atoms with E-state index >= 15 is 0 Å². The van der Waals surface area contributed by atoms with E-state index in [1.807, 2.05) is 24.4 Å². The molecular weight excluding hydrogens is 354 g/mol. The van der Waals surface area contributed by atoms with Gasteiger partial charge in [-0.05, 0) is 34.7 Å². The van der Waals surface area contributed by atoms with Crippen LogP contribution in [0, 0.1) is 0 Å². The number of aldehydes is 1. The number of hydrogen-bond donors (Lipinski definition) is 1. The van der Waals surface area contributed by atoms with E-state index in [0.29, 0.717) is 12.1 Å². The van der Waals surface area contributed by atoms with Crippen molar-refractivity contribution in [2.24, 2.45) is 0 Å². The molecule has 2 aromatic carbocycles. The molecule has 1 N–H and O–H groups in total. The molecule has 0 atom stereocenters. The van der Waals surface area contributed by atoms with Crippen molar-refractivity contribution < 1.29 is 14.4 Å². The van der Waals surface area contributed by atoms with E-state index in [9.17, 15) is 9.59 Å². The van der Waals surface area contributed by atoms with Gasteiger partial charge in [-0.15, -0.1) is 0 Å². The van der Waals surface area contributed by atoms with Crippen LogP contribution in [0.1, 0.15) is 42.3 Å². The topological polar surface area (TPSA) is 63.6 Å². The fourth-order valence-corrected chi connectivity index (χ4v) is 3.44. The summed E-state index contributed by atoms with van der Waals surface area (Å²) in [5.74, 6) is 0. The van der Waals surface area contributed by atoms with Crippen molar-refractivity contribution in [1.82, 2.24) is 9.88 Å². The van der Waals surface area contributed by atoms with Gasteiger partial charge in [0.05, 0.1) is 5.69 Å². The van der Waals surface area contributed by atoms with Gasteiger partial charge in [-0.2, -0.15) is 5.06 Å². The number of fused-ring (bicyclic) bond motifs is 1. The minimum Gasteiger partial charge on any atom is -0.342 e. The van der Waals surface area contributed by atoms with Gasteiger partial charge in [-0.25, -0.2) is 4.79 Å². The maximum atomic E-state index is 11.6. The fraction of sp³-hybridized carbons (Fsp3) is 0.273. The number of nitrogens with one attached hydrogen (secondary N) is 1. The van der Waals surface area contributed by atoms with Crippen LogP contribution in [-0.4, -0.2) is 23.6 Å².